The zero-order valence-corrected chi connectivity index (χ0v) is 18.1. The molecule has 8 nitrogen and oxygen atoms in total. The maximum atomic E-state index is 11.7. The standard InChI is InChI=1S/C24H23N5O3/c1-4-29(5-2)19-11-8-17(9-12-19)27-28-18-10-13-20(22(15-18)31-16(3)30)24-26-23-21(32-24)7-6-14-25-23/h6-15H,4-5H2,1-3H3. The van der Waals surface area contributed by atoms with Crippen molar-refractivity contribution in [3.63, 3.8) is 0 Å². The summed E-state index contributed by atoms with van der Waals surface area (Å²) in [5, 5.41) is 8.60. The van der Waals surface area contributed by atoms with Crippen LogP contribution in [0, 0.1) is 0 Å². The number of hydrogen-bond acceptors (Lipinski definition) is 8. The molecule has 2 heterocycles. The Hall–Kier alpha value is -4.07. The number of carbonyl (C=O) groups excluding carboxylic acids is 1. The maximum Gasteiger partial charge on any atom is 0.308 e. The molecule has 0 amide bonds. The molecule has 0 aliphatic rings. The van der Waals surface area contributed by atoms with Crippen molar-refractivity contribution in [3.05, 3.63) is 60.8 Å². The first-order chi connectivity index (χ1) is 15.6. The van der Waals surface area contributed by atoms with Crippen molar-refractivity contribution in [3.8, 4) is 17.2 Å². The van der Waals surface area contributed by atoms with E-state index in [-0.39, 0.29) is 5.75 Å². The summed E-state index contributed by atoms with van der Waals surface area (Å²) < 4.78 is 11.2. The van der Waals surface area contributed by atoms with Gasteiger partial charge in [0.1, 0.15) is 5.75 Å². The Labute approximate surface area is 185 Å². The molecule has 0 aliphatic carbocycles. The molecule has 0 spiro atoms. The van der Waals surface area contributed by atoms with Crippen LogP contribution in [0.4, 0.5) is 17.1 Å². The van der Waals surface area contributed by atoms with Crippen molar-refractivity contribution in [2.75, 3.05) is 18.0 Å². The number of hydrogen-bond donors (Lipinski definition) is 0. The summed E-state index contributed by atoms with van der Waals surface area (Å²) in [6, 6.07) is 16.6. The van der Waals surface area contributed by atoms with Crippen LogP contribution in [0.3, 0.4) is 0 Å². The van der Waals surface area contributed by atoms with Crippen LogP contribution in [0.1, 0.15) is 20.8 Å². The predicted molar refractivity (Wildman–Crippen MR) is 123 cm³/mol. The summed E-state index contributed by atoms with van der Waals surface area (Å²) in [4.78, 5) is 22.5. The summed E-state index contributed by atoms with van der Waals surface area (Å²) in [6.45, 7) is 7.47. The Balaban J connectivity index is 1.61. The maximum absolute atomic E-state index is 11.7. The van der Waals surface area contributed by atoms with Crippen LogP contribution >= 0.6 is 0 Å². The Morgan fingerprint density at radius 3 is 2.44 bits per heavy atom. The van der Waals surface area contributed by atoms with Crippen molar-refractivity contribution in [2.24, 2.45) is 10.2 Å². The lowest BCUT2D eigenvalue weighted by atomic mass is 10.2. The molecule has 0 unspecified atom stereocenters. The molecule has 0 atom stereocenters. The van der Waals surface area contributed by atoms with Gasteiger partial charge in [0.25, 0.3) is 0 Å². The summed E-state index contributed by atoms with van der Waals surface area (Å²) in [5.74, 6) is 0.143. The van der Waals surface area contributed by atoms with Gasteiger partial charge in [0.2, 0.25) is 5.89 Å². The number of oxazole rings is 1. The van der Waals surface area contributed by atoms with Crippen LogP contribution in [0.15, 0.2) is 75.4 Å². The van der Waals surface area contributed by atoms with Gasteiger partial charge in [0.15, 0.2) is 11.2 Å². The molecule has 2 aromatic carbocycles. The molecule has 4 rings (SSSR count). The van der Waals surface area contributed by atoms with Crippen LogP contribution in [-0.2, 0) is 4.79 Å². The molecular formula is C24H23N5O3. The minimum atomic E-state index is -0.457. The third-order valence-electron chi connectivity index (χ3n) is 4.87. The molecule has 0 saturated heterocycles. The number of nitrogens with zero attached hydrogens (tertiary/aromatic N) is 5. The number of rotatable bonds is 7. The van der Waals surface area contributed by atoms with Crippen LogP contribution < -0.4 is 9.64 Å². The van der Waals surface area contributed by atoms with Crippen molar-refractivity contribution in [1.82, 2.24) is 9.97 Å². The van der Waals surface area contributed by atoms with Gasteiger partial charge in [0, 0.05) is 38.0 Å². The fraction of sp³-hybridized carbons (Fsp3) is 0.208. The predicted octanol–water partition coefficient (Wildman–Crippen LogP) is 6.08. The molecule has 0 aliphatic heterocycles. The Morgan fingerprint density at radius 1 is 1.03 bits per heavy atom. The van der Waals surface area contributed by atoms with Gasteiger partial charge in [-0.1, -0.05) is 0 Å². The fourth-order valence-corrected chi connectivity index (χ4v) is 3.31. The SMILES string of the molecule is CCN(CC)c1ccc(N=Nc2ccc(-c3nc4ncccc4o3)c(OC(C)=O)c2)cc1. The fourth-order valence-electron chi connectivity index (χ4n) is 3.31. The van der Waals surface area contributed by atoms with Gasteiger partial charge in [-0.05, 0) is 62.4 Å². The average molecular weight is 429 g/mol. The first-order valence-corrected chi connectivity index (χ1v) is 10.4. The third kappa shape index (κ3) is 4.64. The van der Waals surface area contributed by atoms with E-state index in [1.807, 2.05) is 24.3 Å². The quantitative estimate of drug-likeness (QED) is 0.201. The third-order valence-corrected chi connectivity index (χ3v) is 4.87. The normalized spacial score (nSPS) is 11.2. The molecule has 0 fully saturated rings. The number of ether oxygens (including phenoxy) is 1. The molecule has 2 aromatic heterocycles. The lowest BCUT2D eigenvalue weighted by molar-refractivity contribution is -0.131. The lowest BCUT2D eigenvalue weighted by Gasteiger charge is -2.20. The van der Waals surface area contributed by atoms with Gasteiger partial charge in [-0.3, -0.25) is 4.79 Å². The molecule has 162 valence electrons. The van der Waals surface area contributed by atoms with Crippen LogP contribution in [-0.4, -0.2) is 29.0 Å². The Morgan fingerprint density at radius 2 is 1.75 bits per heavy atom. The monoisotopic (exact) mass is 429 g/mol. The van der Waals surface area contributed by atoms with E-state index in [0.717, 1.165) is 24.5 Å². The Bertz CT molecular complexity index is 1230. The van der Waals surface area contributed by atoms with E-state index in [1.165, 1.54) is 6.92 Å². The highest BCUT2D eigenvalue weighted by Crippen LogP contribution is 2.35. The van der Waals surface area contributed by atoms with E-state index in [4.69, 9.17) is 9.15 Å². The molecule has 4 aromatic rings. The molecule has 0 saturated carbocycles. The smallest absolute Gasteiger partial charge is 0.308 e. The van der Waals surface area contributed by atoms with Gasteiger partial charge in [0.05, 0.1) is 16.9 Å². The molecule has 32 heavy (non-hydrogen) atoms. The highest BCUT2D eigenvalue weighted by molar-refractivity contribution is 5.78. The van der Waals surface area contributed by atoms with Crippen molar-refractivity contribution in [2.45, 2.75) is 20.8 Å². The van der Waals surface area contributed by atoms with E-state index < -0.39 is 5.97 Å². The summed E-state index contributed by atoms with van der Waals surface area (Å²) in [7, 11) is 0. The van der Waals surface area contributed by atoms with E-state index >= 15 is 0 Å². The second kappa shape index (κ2) is 9.38. The van der Waals surface area contributed by atoms with Gasteiger partial charge in [-0.2, -0.15) is 15.2 Å². The van der Waals surface area contributed by atoms with Gasteiger partial charge in [-0.15, -0.1) is 0 Å². The van der Waals surface area contributed by atoms with E-state index in [1.54, 1.807) is 36.5 Å². The number of anilines is 1. The van der Waals surface area contributed by atoms with Gasteiger partial charge >= 0.3 is 5.97 Å². The van der Waals surface area contributed by atoms with Crippen molar-refractivity contribution >= 4 is 34.3 Å². The van der Waals surface area contributed by atoms with E-state index in [9.17, 15) is 4.79 Å². The highest BCUT2D eigenvalue weighted by atomic mass is 16.5. The zero-order valence-electron chi connectivity index (χ0n) is 18.1. The van der Waals surface area contributed by atoms with Gasteiger partial charge in [-0.25, -0.2) is 4.98 Å². The number of aromatic nitrogens is 2. The lowest BCUT2D eigenvalue weighted by Crippen LogP contribution is -2.21. The molecule has 0 radical (unpaired) electrons. The second-order valence-corrected chi connectivity index (χ2v) is 7.01. The topological polar surface area (TPSA) is 93.2 Å². The van der Waals surface area contributed by atoms with Crippen LogP contribution in [0.2, 0.25) is 0 Å². The highest BCUT2D eigenvalue weighted by Gasteiger charge is 2.16. The number of carbonyl (C=O) groups is 1. The zero-order chi connectivity index (χ0) is 22.5. The molecule has 0 N–H and O–H groups in total. The van der Waals surface area contributed by atoms with Crippen molar-refractivity contribution in [1.29, 1.82) is 0 Å². The summed E-state index contributed by atoms with van der Waals surface area (Å²) in [6.07, 6.45) is 1.64. The van der Waals surface area contributed by atoms with Crippen molar-refractivity contribution < 1.29 is 13.9 Å². The number of esters is 1. The number of fused-ring (bicyclic) bond motifs is 1. The first-order valence-electron chi connectivity index (χ1n) is 10.4. The largest absolute Gasteiger partial charge is 0.434 e. The Kier molecular flexibility index (Phi) is 6.21. The molecule has 0 bridgehead atoms. The minimum absolute atomic E-state index is 0.289. The van der Waals surface area contributed by atoms with Gasteiger partial charge < -0.3 is 14.1 Å². The second-order valence-electron chi connectivity index (χ2n) is 7.01. The van der Waals surface area contributed by atoms with Crippen LogP contribution in [0.5, 0.6) is 5.75 Å². The molecular weight excluding hydrogens is 406 g/mol. The number of pyridine rings is 1. The van der Waals surface area contributed by atoms with E-state index in [2.05, 4.69) is 38.9 Å². The van der Waals surface area contributed by atoms with E-state index in [0.29, 0.717) is 28.4 Å². The summed E-state index contributed by atoms with van der Waals surface area (Å²) in [5.41, 5.74) is 3.96. The minimum Gasteiger partial charge on any atom is -0.434 e. The average Bonchev–Trinajstić information content (AvgIpc) is 3.23. The number of benzene rings is 2. The number of azo groups is 1. The van der Waals surface area contributed by atoms with Crippen LogP contribution in [0.25, 0.3) is 22.7 Å². The first kappa shape index (κ1) is 21.2. The molecule has 8 heteroatoms. The summed E-state index contributed by atoms with van der Waals surface area (Å²) >= 11 is 0.